The third-order valence-electron chi connectivity index (χ3n) is 5.69. The monoisotopic (exact) mass is 475 g/mol. The van der Waals surface area contributed by atoms with Gasteiger partial charge in [-0.15, -0.1) is 0 Å². The van der Waals surface area contributed by atoms with Gasteiger partial charge in [0, 0.05) is 32.1 Å². The number of nitrogens with one attached hydrogen (secondary N) is 1. The van der Waals surface area contributed by atoms with Crippen molar-refractivity contribution in [3.05, 3.63) is 81.6 Å². The van der Waals surface area contributed by atoms with Gasteiger partial charge >= 0.3 is 0 Å². The molecule has 0 spiro atoms. The minimum Gasteiger partial charge on any atom is -0.508 e. The summed E-state index contributed by atoms with van der Waals surface area (Å²) < 4.78 is 7.44. The number of phenols is 1. The second-order valence-electron chi connectivity index (χ2n) is 8.00. The molecular weight excluding hydrogens is 454 g/mol. The van der Waals surface area contributed by atoms with Crippen LogP contribution in [0.25, 0.3) is 0 Å². The molecule has 0 radical (unpaired) electrons. The summed E-state index contributed by atoms with van der Waals surface area (Å²) in [5, 5.41) is 40.2. The number of benzene rings is 1. The highest BCUT2D eigenvalue weighted by Gasteiger charge is 2.31. The molecule has 0 unspecified atom stereocenters. The van der Waals surface area contributed by atoms with Gasteiger partial charge in [-0.25, -0.2) is 4.98 Å². The molecule has 12 heteroatoms. The molecule has 4 rings (SSSR count). The van der Waals surface area contributed by atoms with E-state index in [4.69, 9.17) is 0 Å². The Morgan fingerprint density at radius 1 is 1.26 bits per heavy atom. The lowest BCUT2D eigenvalue weighted by atomic mass is 9.80. The number of aromatic nitrogens is 5. The van der Waals surface area contributed by atoms with Crippen LogP contribution in [0.1, 0.15) is 51.8 Å². The highest BCUT2D eigenvalue weighted by atomic mass is 16.5. The number of carbonyl (C=O) groups is 1. The Kier molecular flexibility index (Phi) is 6.07. The van der Waals surface area contributed by atoms with Gasteiger partial charge in [0.1, 0.15) is 23.5 Å². The maximum atomic E-state index is 12.8. The molecule has 4 aromatic rings. The first kappa shape index (κ1) is 23.2. The fourth-order valence-electron chi connectivity index (χ4n) is 4.03. The zero-order valence-electron chi connectivity index (χ0n) is 19.0. The molecule has 0 bridgehead atoms. The molecule has 1 amide bonds. The molecule has 0 saturated heterocycles. The van der Waals surface area contributed by atoms with E-state index in [1.54, 1.807) is 37.1 Å². The molecule has 0 aliphatic carbocycles. The van der Waals surface area contributed by atoms with Crippen molar-refractivity contribution < 1.29 is 19.5 Å². The van der Waals surface area contributed by atoms with Crippen LogP contribution in [0.15, 0.2) is 52.4 Å². The molecule has 0 saturated carbocycles. The molecule has 3 heterocycles. The number of hydrogen-bond donors (Lipinski definition) is 3. The average Bonchev–Trinajstić information content (AvgIpc) is 3.50. The Bertz CT molecular complexity index is 1500. The molecule has 3 aromatic heterocycles. The first-order valence-corrected chi connectivity index (χ1v) is 10.4. The number of phenolic OH excluding ortho intramolecular Hbond substituents is 1. The summed E-state index contributed by atoms with van der Waals surface area (Å²) in [5.74, 6) is -2.61. The number of nitriles is 1. The second-order valence-corrected chi connectivity index (χ2v) is 8.00. The van der Waals surface area contributed by atoms with Gasteiger partial charge in [0.15, 0.2) is 5.69 Å². The third kappa shape index (κ3) is 4.34. The van der Waals surface area contributed by atoms with Crippen LogP contribution in [0.2, 0.25) is 0 Å². The summed E-state index contributed by atoms with van der Waals surface area (Å²) in [7, 11) is 3.18. The van der Waals surface area contributed by atoms with E-state index >= 15 is 0 Å². The largest absolute Gasteiger partial charge is 0.508 e. The molecule has 12 nitrogen and oxygen atoms in total. The second kappa shape index (κ2) is 9.14. The van der Waals surface area contributed by atoms with Crippen molar-refractivity contribution in [3.63, 3.8) is 0 Å². The fraction of sp³-hybridized carbons (Fsp3) is 0.217. The van der Waals surface area contributed by atoms with Crippen molar-refractivity contribution in [2.24, 2.45) is 14.1 Å². The maximum absolute atomic E-state index is 12.8. The van der Waals surface area contributed by atoms with Crippen molar-refractivity contribution in [3.8, 4) is 17.6 Å². The molecule has 0 aliphatic rings. The lowest BCUT2D eigenvalue weighted by molar-refractivity contribution is 0.101. The summed E-state index contributed by atoms with van der Waals surface area (Å²) in [6.45, 7) is 1.78. The standard InChI is InChI=1S/C23H21N7O5/c1-12(18(14-8-25-29(2)10-14)17-5-4-16(31)6-13(17)7-24)21-28-19(20(32)23(34)30(21)3)22(33)27-15-9-26-35-11-15/h4-6,8-12,18,31-32H,1-3H3,(H,27,33)/t12-,18+/m0/s1. The van der Waals surface area contributed by atoms with E-state index in [1.165, 1.54) is 31.6 Å². The smallest absolute Gasteiger partial charge is 0.296 e. The van der Waals surface area contributed by atoms with Crippen LogP contribution in [0.4, 0.5) is 5.69 Å². The molecular formula is C23H21N7O5. The summed E-state index contributed by atoms with van der Waals surface area (Å²) in [4.78, 5) is 30.0. The Morgan fingerprint density at radius 3 is 2.66 bits per heavy atom. The quantitative estimate of drug-likeness (QED) is 0.377. The van der Waals surface area contributed by atoms with E-state index < -0.39 is 34.7 Å². The minimum absolute atomic E-state index is 0.0641. The predicted molar refractivity (Wildman–Crippen MR) is 122 cm³/mol. The Hall–Kier alpha value is -4.92. The molecule has 1 aromatic carbocycles. The van der Waals surface area contributed by atoms with Crippen LogP contribution >= 0.6 is 0 Å². The van der Waals surface area contributed by atoms with Crippen LogP contribution in [0, 0.1) is 11.3 Å². The van der Waals surface area contributed by atoms with Crippen molar-refractivity contribution in [1.29, 1.82) is 5.26 Å². The number of hydrogen-bond acceptors (Lipinski definition) is 9. The molecule has 3 N–H and O–H groups in total. The fourth-order valence-corrected chi connectivity index (χ4v) is 4.03. The number of anilines is 1. The lowest BCUT2D eigenvalue weighted by Crippen LogP contribution is -2.29. The first-order chi connectivity index (χ1) is 16.7. The zero-order chi connectivity index (χ0) is 25.3. The van der Waals surface area contributed by atoms with E-state index in [1.807, 2.05) is 0 Å². The lowest BCUT2D eigenvalue weighted by Gasteiger charge is -2.26. The summed E-state index contributed by atoms with van der Waals surface area (Å²) >= 11 is 0. The number of aromatic hydroxyl groups is 2. The highest BCUT2D eigenvalue weighted by Crippen LogP contribution is 2.39. The van der Waals surface area contributed by atoms with Gasteiger partial charge in [0.25, 0.3) is 11.5 Å². The van der Waals surface area contributed by atoms with Crippen LogP contribution in [-0.4, -0.2) is 40.6 Å². The number of rotatable bonds is 6. The summed E-state index contributed by atoms with van der Waals surface area (Å²) in [5.41, 5.74) is 0.478. The van der Waals surface area contributed by atoms with Gasteiger partial charge < -0.3 is 20.1 Å². The predicted octanol–water partition coefficient (Wildman–Crippen LogP) is 1.97. The SMILES string of the molecule is C[C@H](c1nc(C(=O)Nc2cnoc2)c(O)c(=O)n1C)[C@H](c1cnn(C)c1)c1ccc(O)cc1C#N. The summed E-state index contributed by atoms with van der Waals surface area (Å²) in [6.07, 6.45) is 5.85. The molecule has 0 aliphatic heterocycles. The van der Waals surface area contributed by atoms with Crippen LogP contribution in [0.3, 0.4) is 0 Å². The molecule has 2 atom stereocenters. The first-order valence-electron chi connectivity index (χ1n) is 10.4. The summed E-state index contributed by atoms with van der Waals surface area (Å²) in [6, 6.07) is 6.54. The number of amides is 1. The van der Waals surface area contributed by atoms with Gasteiger partial charge in [-0.05, 0) is 23.3 Å². The van der Waals surface area contributed by atoms with E-state index in [-0.39, 0.29) is 22.8 Å². The van der Waals surface area contributed by atoms with Gasteiger partial charge in [0.2, 0.25) is 5.75 Å². The molecule has 178 valence electrons. The Balaban J connectivity index is 1.86. The van der Waals surface area contributed by atoms with E-state index in [2.05, 4.69) is 31.1 Å². The zero-order valence-corrected chi connectivity index (χ0v) is 19.0. The number of nitrogens with zero attached hydrogens (tertiary/aromatic N) is 6. The van der Waals surface area contributed by atoms with Gasteiger partial charge in [-0.1, -0.05) is 18.1 Å². The van der Waals surface area contributed by atoms with Crippen molar-refractivity contribution in [2.75, 3.05) is 5.32 Å². The van der Waals surface area contributed by atoms with E-state index in [0.717, 1.165) is 10.1 Å². The topological polar surface area (TPSA) is 172 Å². The van der Waals surface area contributed by atoms with Crippen LogP contribution < -0.4 is 10.9 Å². The maximum Gasteiger partial charge on any atom is 0.296 e. The van der Waals surface area contributed by atoms with Crippen LogP contribution in [0.5, 0.6) is 11.5 Å². The Labute approximate surface area is 198 Å². The van der Waals surface area contributed by atoms with Crippen LogP contribution in [-0.2, 0) is 14.1 Å². The van der Waals surface area contributed by atoms with Crippen molar-refractivity contribution >= 4 is 11.6 Å². The number of aryl methyl sites for hydroxylation is 1. The van der Waals surface area contributed by atoms with Gasteiger partial charge in [-0.3, -0.25) is 18.8 Å². The minimum atomic E-state index is -0.822. The average molecular weight is 475 g/mol. The molecule has 35 heavy (non-hydrogen) atoms. The van der Waals surface area contributed by atoms with Crippen molar-refractivity contribution in [2.45, 2.75) is 18.8 Å². The third-order valence-corrected chi connectivity index (χ3v) is 5.69. The van der Waals surface area contributed by atoms with E-state index in [9.17, 15) is 25.1 Å². The molecule has 0 fully saturated rings. The van der Waals surface area contributed by atoms with Crippen molar-refractivity contribution in [1.82, 2.24) is 24.5 Å². The van der Waals surface area contributed by atoms with Gasteiger partial charge in [-0.2, -0.15) is 10.4 Å². The Morgan fingerprint density at radius 2 is 2.03 bits per heavy atom. The highest BCUT2D eigenvalue weighted by molar-refractivity contribution is 6.04. The van der Waals surface area contributed by atoms with E-state index in [0.29, 0.717) is 5.56 Å². The normalized spacial score (nSPS) is 12.6. The van der Waals surface area contributed by atoms with Gasteiger partial charge in [0.05, 0.1) is 24.0 Å². The number of carbonyl (C=O) groups excluding carboxylic acids is 1.